The van der Waals surface area contributed by atoms with Crippen molar-refractivity contribution in [2.75, 3.05) is 24.6 Å². The summed E-state index contributed by atoms with van der Waals surface area (Å²) < 4.78 is 0. The third-order valence-electron chi connectivity index (χ3n) is 4.54. The van der Waals surface area contributed by atoms with Crippen molar-refractivity contribution in [3.8, 4) is 6.07 Å². The molecule has 0 spiro atoms. The summed E-state index contributed by atoms with van der Waals surface area (Å²) in [5, 5.41) is 19.8. The summed E-state index contributed by atoms with van der Waals surface area (Å²) in [5.41, 5.74) is 2.49. The second-order valence-corrected chi connectivity index (χ2v) is 5.66. The third kappa shape index (κ3) is 2.34. The van der Waals surface area contributed by atoms with E-state index in [4.69, 9.17) is 0 Å². The fourth-order valence-corrected chi connectivity index (χ4v) is 3.33. The van der Waals surface area contributed by atoms with E-state index in [0.29, 0.717) is 17.4 Å². The van der Waals surface area contributed by atoms with Gasteiger partial charge in [0.2, 0.25) is 0 Å². The summed E-state index contributed by atoms with van der Waals surface area (Å²) >= 11 is 0. The number of rotatable bonds is 3. The van der Waals surface area contributed by atoms with Crippen molar-refractivity contribution < 1.29 is 5.11 Å². The predicted molar refractivity (Wildman–Crippen MR) is 83.0 cm³/mol. The fraction of sp³-hybridized carbons (Fsp3) is 0.412. The zero-order valence-corrected chi connectivity index (χ0v) is 12.2. The molecule has 21 heavy (non-hydrogen) atoms. The zero-order chi connectivity index (χ0) is 14.8. The van der Waals surface area contributed by atoms with E-state index in [9.17, 15) is 10.4 Å². The second-order valence-electron chi connectivity index (χ2n) is 5.66. The molecule has 2 heterocycles. The Morgan fingerprint density at radius 1 is 1.33 bits per heavy atom. The van der Waals surface area contributed by atoms with Crippen molar-refractivity contribution in [1.82, 2.24) is 4.98 Å². The highest BCUT2D eigenvalue weighted by Crippen LogP contribution is 2.34. The van der Waals surface area contributed by atoms with Gasteiger partial charge in [0, 0.05) is 42.9 Å². The van der Waals surface area contributed by atoms with Crippen LogP contribution in [-0.2, 0) is 0 Å². The minimum atomic E-state index is 0.238. The van der Waals surface area contributed by atoms with Gasteiger partial charge in [-0.25, -0.2) is 0 Å². The number of aliphatic hydroxyl groups excluding tert-OH is 1. The predicted octanol–water partition coefficient (Wildman–Crippen LogP) is 2.56. The molecule has 1 aromatic heterocycles. The fourth-order valence-electron chi connectivity index (χ4n) is 3.33. The van der Waals surface area contributed by atoms with Crippen LogP contribution in [0.25, 0.3) is 10.9 Å². The summed E-state index contributed by atoms with van der Waals surface area (Å²) in [4.78, 5) is 6.68. The van der Waals surface area contributed by atoms with Crippen molar-refractivity contribution in [1.29, 1.82) is 5.26 Å². The number of pyridine rings is 1. The molecule has 0 saturated carbocycles. The van der Waals surface area contributed by atoms with E-state index in [1.165, 1.54) is 0 Å². The summed E-state index contributed by atoms with van der Waals surface area (Å²) in [5.74, 6) is 0.856. The number of anilines is 1. The maximum Gasteiger partial charge on any atom is 0.101 e. The van der Waals surface area contributed by atoms with Crippen molar-refractivity contribution >= 4 is 16.6 Å². The SMILES string of the molecule is CCC1CN(c2ccc(C#N)c3ncccc23)C[C@H]1CO. The third-order valence-corrected chi connectivity index (χ3v) is 4.54. The lowest BCUT2D eigenvalue weighted by molar-refractivity contribution is 0.204. The summed E-state index contributed by atoms with van der Waals surface area (Å²) in [6, 6.07) is 9.99. The highest BCUT2D eigenvalue weighted by Gasteiger charge is 2.31. The van der Waals surface area contributed by atoms with Crippen molar-refractivity contribution in [2.24, 2.45) is 11.8 Å². The molecule has 0 amide bonds. The van der Waals surface area contributed by atoms with E-state index in [-0.39, 0.29) is 6.61 Å². The first kappa shape index (κ1) is 13.8. The van der Waals surface area contributed by atoms with Gasteiger partial charge in [0.25, 0.3) is 0 Å². The Labute approximate surface area is 124 Å². The molecule has 2 aromatic rings. The van der Waals surface area contributed by atoms with Gasteiger partial charge in [-0.05, 0) is 30.2 Å². The summed E-state index contributed by atoms with van der Waals surface area (Å²) in [7, 11) is 0. The lowest BCUT2D eigenvalue weighted by Crippen LogP contribution is -2.21. The Kier molecular flexibility index (Phi) is 3.76. The highest BCUT2D eigenvalue weighted by molar-refractivity contribution is 5.95. The van der Waals surface area contributed by atoms with Gasteiger partial charge in [0.05, 0.1) is 11.1 Å². The van der Waals surface area contributed by atoms with Crippen LogP contribution in [0.4, 0.5) is 5.69 Å². The topological polar surface area (TPSA) is 60.2 Å². The molecule has 1 unspecified atom stereocenters. The van der Waals surface area contributed by atoms with Crippen LogP contribution in [0.1, 0.15) is 18.9 Å². The number of aromatic nitrogens is 1. The lowest BCUT2D eigenvalue weighted by atomic mass is 9.95. The van der Waals surface area contributed by atoms with Gasteiger partial charge < -0.3 is 10.0 Å². The molecule has 4 nitrogen and oxygen atoms in total. The van der Waals surface area contributed by atoms with E-state index in [2.05, 4.69) is 22.9 Å². The molecule has 4 heteroatoms. The monoisotopic (exact) mass is 281 g/mol. The van der Waals surface area contributed by atoms with Gasteiger partial charge in [-0.15, -0.1) is 0 Å². The number of aliphatic hydroxyl groups is 1. The molecular weight excluding hydrogens is 262 g/mol. The summed E-state index contributed by atoms with van der Waals surface area (Å²) in [6.07, 6.45) is 2.80. The number of fused-ring (bicyclic) bond motifs is 1. The molecule has 1 saturated heterocycles. The van der Waals surface area contributed by atoms with Crippen LogP contribution < -0.4 is 4.90 Å². The largest absolute Gasteiger partial charge is 0.396 e. The Balaban J connectivity index is 2.05. The van der Waals surface area contributed by atoms with E-state index in [1.807, 2.05) is 24.3 Å². The number of nitriles is 1. The first-order valence-corrected chi connectivity index (χ1v) is 7.42. The molecule has 1 aliphatic rings. The molecule has 1 aromatic carbocycles. The van der Waals surface area contributed by atoms with Crippen molar-refractivity contribution in [3.05, 3.63) is 36.0 Å². The van der Waals surface area contributed by atoms with Gasteiger partial charge in [0.15, 0.2) is 0 Å². The van der Waals surface area contributed by atoms with Crippen molar-refractivity contribution in [2.45, 2.75) is 13.3 Å². The van der Waals surface area contributed by atoms with E-state index >= 15 is 0 Å². The number of hydrogen-bond donors (Lipinski definition) is 1. The molecular formula is C17H19N3O. The van der Waals surface area contributed by atoms with E-state index < -0.39 is 0 Å². The minimum absolute atomic E-state index is 0.238. The molecule has 2 atom stereocenters. The molecule has 1 N–H and O–H groups in total. The van der Waals surface area contributed by atoms with Crippen LogP contribution in [0.2, 0.25) is 0 Å². The quantitative estimate of drug-likeness (QED) is 0.939. The average molecular weight is 281 g/mol. The minimum Gasteiger partial charge on any atom is -0.396 e. The standard InChI is InChI=1S/C17H19N3O/c1-2-12-9-20(10-14(12)11-21)16-6-5-13(8-18)17-15(16)4-3-7-19-17/h3-7,12,14,21H,2,9-11H2,1H3/t12?,14-/m0/s1. The highest BCUT2D eigenvalue weighted by atomic mass is 16.3. The lowest BCUT2D eigenvalue weighted by Gasteiger charge is -2.21. The smallest absolute Gasteiger partial charge is 0.101 e. The van der Waals surface area contributed by atoms with Gasteiger partial charge in [0.1, 0.15) is 6.07 Å². The van der Waals surface area contributed by atoms with E-state index in [0.717, 1.165) is 36.1 Å². The number of hydrogen-bond acceptors (Lipinski definition) is 4. The Bertz CT molecular complexity index is 680. The first-order chi connectivity index (χ1) is 10.3. The van der Waals surface area contributed by atoms with Gasteiger partial charge in [-0.3, -0.25) is 4.98 Å². The molecule has 0 radical (unpaired) electrons. The van der Waals surface area contributed by atoms with Crippen LogP contribution in [0.15, 0.2) is 30.5 Å². The van der Waals surface area contributed by atoms with Crippen LogP contribution in [0.3, 0.4) is 0 Å². The van der Waals surface area contributed by atoms with Gasteiger partial charge >= 0.3 is 0 Å². The normalized spacial score (nSPS) is 21.7. The molecule has 3 rings (SSSR count). The molecule has 1 aliphatic heterocycles. The first-order valence-electron chi connectivity index (χ1n) is 7.42. The van der Waals surface area contributed by atoms with Gasteiger partial charge in [-0.1, -0.05) is 13.3 Å². The second kappa shape index (κ2) is 5.71. The molecule has 0 aliphatic carbocycles. The van der Waals surface area contributed by atoms with E-state index in [1.54, 1.807) is 6.20 Å². The maximum atomic E-state index is 9.55. The number of benzene rings is 1. The Morgan fingerprint density at radius 3 is 2.81 bits per heavy atom. The average Bonchev–Trinajstić information content (AvgIpc) is 2.97. The zero-order valence-electron chi connectivity index (χ0n) is 12.2. The summed E-state index contributed by atoms with van der Waals surface area (Å²) in [6.45, 7) is 4.24. The molecule has 108 valence electrons. The number of nitrogens with zero attached hydrogens (tertiary/aromatic N) is 3. The molecule has 0 bridgehead atoms. The van der Waals surface area contributed by atoms with Crippen LogP contribution in [-0.4, -0.2) is 29.8 Å². The molecule has 1 fully saturated rings. The van der Waals surface area contributed by atoms with Crippen LogP contribution >= 0.6 is 0 Å². The van der Waals surface area contributed by atoms with Gasteiger partial charge in [-0.2, -0.15) is 5.26 Å². The van der Waals surface area contributed by atoms with Crippen LogP contribution in [0, 0.1) is 23.2 Å². The Hall–Kier alpha value is -2.12. The Morgan fingerprint density at radius 2 is 2.14 bits per heavy atom. The van der Waals surface area contributed by atoms with Crippen LogP contribution in [0.5, 0.6) is 0 Å². The maximum absolute atomic E-state index is 9.55. The van der Waals surface area contributed by atoms with Crippen molar-refractivity contribution in [3.63, 3.8) is 0 Å².